The fourth-order valence-corrected chi connectivity index (χ4v) is 7.11. The maximum Gasteiger partial charge on any atom is 0.245 e. The first-order chi connectivity index (χ1) is 13.8. The summed E-state index contributed by atoms with van der Waals surface area (Å²) in [5.74, 6) is 1.01. The van der Waals surface area contributed by atoms with E-state index < -0.39 is 9.84 Å². The molecule has 0 unspecified atom stereocenters. The Morgan fingerprint density at radius 3 is 2.90 bits per heavy atom. The molecule has 2 aliphatic rings. The number of methoxy groups -OCH3 is 1. The number of ether oxygens (including phenoxy) is 1. The molecule has 2 aliphatic heterocycles. The van der Waals surface area contributed by atoms with Gasteiger partial charge < -0.3 is 15.0 Å². The summed E-state index contributed by atoms with van der Waals surface area (Å²) in [6.07, 6.45) is 0. The average Bonchev–Trinajstić information content (AvgIpc) is 3.32. The number of fused-ring (bicyclic) bond motifs is 1. The number of carbonyl (C=O) groups excluding carboxylic acids is 1. The number of aliphatic imine (C=N–C) groups is 1. The Hall–Kier alpha value is -2.53. The standard InChI is InChI=1S/C18H21N5O4S2/c1-11-6-16(22-21-11)20-17(24)8-23(12-4-3-5-13(7-12)27-2)18-19-14-9-29(25,26)10-15(14)28-18/h3-7,14-15H,8-10H2,1-2H3,(H2,20,21,22,24)/t14-,15-/m1/s1. The number of benzene rings is 1. The lowest BCUT2D eigenvalue weighted by Gasteiger charge is -2.24. The van der Waals surface area contributed by atoms with E-state index >= 15 is 0 Å². The number of thioether (sulfide) groups is 1. The van der Waals surface area contributed by atoms with Crippen LogP contribution in [-0.4, -0.2) is 66.1 Å². The summed E-state index contributed by atoms with van der Waals surface area (Å²) in [6, 6.07) is 8.80. The zero-order valence-corrected chi connectivity index (χ0v) is 17.6. The number of aromatic nitrogens is 2. The molecule has 1 aromatic carbocycles. The third-order valence-electron chi connectivity index (χ3n) is 4.68. The molecule has 154 valence electrons. The monoisotopic (exact) mass is 435 g/mol. The Morgan fingerprint density at radius 2 is 2.21 bits per heavy atom. The number of amidine groups is 1. The first-order valence-corrected chi connectivity index (χ1v) is 11.7. The quantitative estimate of drug-likeness (QED) is 0.730. The number of nitrogens with zero attached hydrogens (tertiary/aromatic N) is 3. The van der Waals surface area contributed by atoms with Crippen LogP contribution in [0.3, 0.4) is 0 Å². The van der Waals surface area contributed by atoms with Gasteiger partial charge in [0.15, 0.2) is 20.8 Å². The average molecular weight is 436 g/mol. The number of aryl methyl sites for hydroxylation is 1. The lowest BCUT2D eigenvalue weighted by atomic mass is 10.2. The molecule has 1 amide bonds. The van der Waals surface area contributed by atoms with Gasteiger partial charge in [0.05, 0.1) is 24.7 Å². The number of sulfone groups is 1. The van der Waals surface area contributed by atoms with Gasteiger partial charge in [-0.15, -0.1) is 0 Å². The number of H-pyrrole nitrogens is 1. The van der Waals surface area contributed by atoms with Crippen LogP contribution in [-0.2, 0) is 14.6 Å². The number of hydrogen-bond acceptors (Lipinski definition) is 8. The summed E-state index contributed by atoms with van der Waals surface area (Å²) < 4.78 is 29.0. The van der Waals surface area contributed by atoms with Crippen LogP contribution >= 0.6 is 11.8 Å². The highest BCUT2D eigenvalue weighted by Crippen LogP contribution is 2.37. The summed E-state index contributed by atoms with van der Waals surface area (Å²) >= 11 is 1.41. The second-order valence-corrected chi connectivity index (χ2v) is 10.3. The van der Waals surface area contributed by atoms with Gasteiger partial charge in [-0.05, 0) is 19.1 Å². The van der Waals surface area contributed by atoms with Gasteiger partial charge in [-0.1, -0.05) is 17.8 Å². The fourth-order valence-electron chi connectivity index (χ4n) is 3.33. The highest BCUT2D eigenvalue weighted by Gasteiger charge is 2.44. The zero-order chi connectivity index (χ0) is 20.6. The summed E-state index contributed by atoms with van der Waals surface area (Å²) in [4.78, 5) is 19.1. The lowest BCUT2D eigenvalue weighted by Crippen LogP contribution is -2.36. The molecule has 9 nitrogen and oxygen atoms in total. The minimum absolute atomic E-state index is 0.0110. The summed E-state index contributed by atoms with van der Waals surface area (Å²) in [5, 5.41) is 10.1. The number of aromatic amines is 1. The zero-order valence-electron chi connectivity index (χ0n) is 16.0. The van der Waals surface area contributed by atoms with Crippen molar-refractivity contribution >= 4 is 44.2 Å². The molecule has 2 N–H and O–H groups in total. The van der Waals surface area contributed by atoms with Crippen molar-refractivity contribution in [2.75, 3.05) is 35.4 Å². The molecule has 1 aromatic heterocycles. The lowest BCUT2D eigenvalue weighted by molar-refractivity contribution is -0.114. The van der Waals surface area contributed by atoms with E-state index in [4.69, 9.17) is 4.74 Å². The second kappa shape index (κ2) is 7.71. The summed E-state index contributed by atoms with van der Waals surface area (Å²) in [7, 11) is -1.47. The first-order valence-electron chi connectivity index (χ1n) is 9.01. The van der Waals surface area contributed by atoms with Crippen LogP contribution in [0.2, 0.25) is 0 Å². The topological polar surface area (TPSA) is 117 Å². The molecule has 0 saturated carbocycles. The molecule has 11 heteroatoms. The molecule has 1 fully saturated rings. The molecule has 0 bridgehead atoms. The van der Waals surface area contributed by atoms with Gasteiger partial charge in [0.25, 0.3) is 0 Å². The van der Waals surface area contributed by atoms with Crippen molar-refractivity contribution in [3.05, 3.63) is 36.0 Å². The van der Waals surface area contributed by atoms with E-state index in [1.54, 1.807) is 18.1 Å². The van der Waals surface area contributed by atoms with Gasteiger partial charge >= 0.3 is 0 Å². The highest BCUT2D eigenvalue weighted by molar-refractivity contribution is 8.15. The second-order valence-electron chi connectivity index (χ2n) is 6.98. The van der Waals surface area contributed by atoms with E-state index in [9.17, 15) is 13.2 Å². The van der Waals surface area contributed by atoms with Crippen molar-refractivity contribution < 1.29 is 17.9 Å². The van der Waals surface area contributed by atoms with Crippen LogP contribution < -0.4 is 15.0 Å². The van der Waals surface area contributed by atoms with E-state index in [0.29, 0.717) is 16.7 Å². The maximum atomic E-state index is 12.7. The van der Waals surface area contributed by atoms with Gasteiger partial charge in [-0.3, -0.25) is 14.9 Å². The van der Waals surface area contributed by atoms with E-state index in [0.717, 1.165) is 11.4 Å². The fraction of sp³-hybridized carbons (Fsp3) is 0.389. The third-order valence-corrected chi connectivity index (χ3v) is 7.92. The van der Waals surface area contributed by atoms with Gasteiger partial charge in [0.1, 0.15) is 12.3 Å². The number of amides is 1. The van der Waals surface area contributed by atoms with Crippen LogP contribution in [0.15, 0.2) is 35.3 Å². The molecule has 4 rings (SSSR count). The Labute approximate surface area is 172 Å². The van der Waals surface area contributed by atoms with Crippen molar-refractivity contribution in [3.8, 4) is 5.75 Å². The first kappa shape index (κ1) is 19.8. The van der Waals surface area contributed by atoms with Crippen molar-refractivity contribution in [2.24, 2.45) is 4.99 Å². The van der Waals surface area contributed by atoms with Gasteiger partial charge in [-0.2, -0.15) is 5.10 Å². The highest BCUT2D eigenvalue weighted by atomic mass is 32.2. The Balaban J connectivity index is 1.58. The molecular weight excluding hydrogens is 414 g/mol. The predicted octanol–water partition coefficient (Wildman–Crippen LogP) is 1.44. The van der Waals surface area contributed by atoms with Crippen molar-refractivity contribution in [1.29, 1.82) is 0 Å². The molecule has 3 heterocycles. The Kier molecular flexibility index (Phi) is 5.26. The predicted molar refractivity (Wildman–Crippen MR) is 114 cm³/mol. The van der Waals surface area contributed by atoms with Crippen molar-refractivity contribution in [2.45, 2.75) is 18.2 Å². The van der Waals surface area contributed by atoms with E-state index in [1.807, 2.05) is 31.2 Å². The summed E-state index contributed by atoms with van der Waals surface area (Å²) in [5.41, 5.74) is 1.58. The molecule has 2 aromatic rings. The van der Waals surface area contributed by atoms with Crippen LogP contribution in [0.4, 0.5) is 11.5 Å². The van der Waals surface area contributed by atoms with E-state index in [-0.39, 0.29) is 35.2 Å². The largest absolute Gasteiger partial charge is 0.497 e. The van der Waals surface area contributed by atoms with Crippen molar-refractivity contribution in [1.82, 2.24) is 10.2 Å². The number of nitrogens with one attached hydrogen (secondary N) is 2. The van der Waals surface area contributed by atoms with Crippen molar-refractivity contribution in [3.63, 3.8) is 0 Å². The molecule has 29 heavy (non-hydrogen) atoms. The number of hydrogen-bond donors (Lipinski definition) is 2. The number of carbonyl (C=O) groups is 1. The van der Waals surface area contributed by atoms with Crippen LogP contribution in [0, 0.1) is 6.92 Å². The van der Waals surface area contributed by atoms with Gasteiger partial charge in [0.2, 0.25) is 5.91 Å². The van der Waals surface area contributed by atoms with E-state index in [2.05, 4.69) is 20.5 Å². The maximum absolute atomic E-state index is 12.7. The molecular formula is C18H21N5O4S2. The van der Waals surface area contributed by atoms with Crippen LogP contribution in [0.5, 0.6) is 5.75 Å². The molecule has 0 radical (unpaired) electrons. The molecule has 2 atom stereocenters. The van der Waals surface area contributed by atoms with Gasteiger partial charge in [-0.25, -0.2) is 8.42 Å². The smallest absolute Gasteiger partial charge is 0.245 e. The Bertz CT molecular complexity index is 1070. The SMILES string of the molecule is COc1cccc(N(CC(=O)Nc2cc(C)[nH]n2)C2=N[C@@H]3CS(=O)(=O)C[C@H]3S2)c1. The third kappa shape index (κ3) is 4.40. The normalized spacial score (nSPS) is 22.1. The molecule has 0 spiro atoms. The minimum atomic E-state index is -3.05. The van der Waals surface area contributed by atoms with Crippen LogP contribution in [0.25, 0.3) is 0 Å². The Morgan fingerprint density at radius 1 is 1.38 bits per heavy atom. The molecule has 1 saturated heterocycles. The van der Waals surface area contributed by atoms with Gasteiger partial charge in [0, 0.05) is 28.8 Å². The number of anilines is 2. The van der Waals surface area contributed by atoms with Crippen LogP contribution in [0.1, 0.15) is 5.69 Å². The number of rotatable bonds is 5. The summed E-state index contributed by atoms with van der Waals surface area (Å²) in [6.45, 7) is 1.86. The minimum Gasteiger partial charge on any atom is -0.497 e. The molecule has 0 aliphatic carbocycles. The van der Waals surface area contributed by atoms with E-state index in [1.165, 1.54) is 11.8 Å².